The fourth-order valence-electron chi connectivity index (χ4n) is 0.933. The van der Waals surface area contributed by atoms with Gasteiger partial charge in [0.1, 0.15) is 5.82 Å². The summed E-state index contributed by atoms with van der Waals surface area (Å²) in [5.41, 5.74) is 6.54. The van der Waals surface area contributed by atoms with E-state index < -0.39 is 0 Å². The van der Waals surface area contributed by atoms with Crippen LogP contribution in [-0.4, -0.2) is 9.97 Å². The monoisotopic (exact) mass is 151 g/mol. The van der Waals surface area contributed by atoms with Gasteiger partial charge in [0.15, 0.2) is 0 Å². The summed E-state index contributed by atoms with van der Waals surface area (Å²) < 4.78 is 0. The molecule has 1 aromatic heterocycles. The van der Waals surface area contributed by atoms with E-state index in [4.69, 9.17) is 5.73 Å². The molecule has 2 N–H and O–H groups in total. The zero-order valence-electron chi connectivity index (χ0n) is 6.91. The van der Waals surface area contributed by atoms with Crippen LogP contribution in [0.25, 0.3) is 0 Å². The second-order valence-electron chi connectivity index (χ2n) is 2.64. The SMILES string of the molecule is CCC(C)c1nccnc1N. The maximum atomic E-state index is 5.62. The molecule has 60 valence electrons. The summed E-state index contributed by atoms with van der Waals surface area (Å²) in [4.78, 5) is 8.12. The fourth-order valence-corrected chi connectivity index (χ4v) is 0.933. The lowest BCUT2D eigenvalue weighted by Crippen LogP contribution is -2.03. The summed E-state index contributed by atoms with van der Waals surface area (Å²) >= 11 is 0. The normalized spacial score (nSPS) is 12.9. The van der Waals surface area contributed by atoms with Crippen LogP contribution in [0.2, 0.25) is 0 Å². The van der Waals surface area contributed by atoms with Crippen LogP contribution in [0.1, 0.15) is 31.9 Å². The van der Waals surface area contributed by atoms with Crippen molar-refractivity contribution in [2.45, 2.75) is 26.2 Å². The van der Waals surface area contributed by atoms with Crippen molar-refractivity contribution in [3.05, 3.63) is 18.1 Å². The largest absolute Gasteiger partial charge is 0.382 e. The summed E-state index contributed by atoms with van der Waals surface area (Å²) in [6.45, 7) is 4.21. The van der Waals surface area contributed by atoms with E-state index in [-0.39, 0.29) is 0 Å². The number of nitrogens with two attached hydrogens (primary N) is 1. The smallest absolute Gasteiger partial charge is 0.145 e. The van der Waals surface area contributed by atoms with Crippen molar-refractivity contribution in [2.24, 2.45) is 0 Å². The molecule has 1 aromatic rings. The highest BCUT2D eigenvalue weighted by Gasteiger charge is 2.07. The van der Waals surface area contributed by atoms with Gasteiger partial charge in [-0.1, -0.05) is 13.8 Å². The van der Waals surface area contributed by atoms with Crippen molar-refractivity contribution >= 4 is 5.82 Å². The summed E-state index contributed by atoms with van der Waals surface area (Å²) in [6, 6.07) is 0. The van der Waals surface area contributed by atoms with Crippen molar-refractivity contribution < 1.29 is 0 Å². The molecule has 0 radical (unpaired) electrons. The zero-order valence-corrected chi connectivity index (χ0v) is 6.91. The third-order valence-corrected chi connectivity index (χ3v) is 1.84. The number of anilines is 1. The van der Waals surface area contributed by atoms with Crippen LogP contribution in [-0.2, 0) is 0 Å². The molecule has 0 saturated heterocycles. The molecule has 0 aliphatic heterocycles. The lowest BCUT2D eigenvalue weighted by Gasteiger charge is -2.08. The van der Waals surface area contributed by atoms with Gasteiger partial charge >= 0.3 is 0 Å². The molecule has 11 heavy (non-hydrogen) atoms. The molecule has 1 unspecified atom stereocenters. The predicted octanol–water partition coefficient (Wildman–Crippen LogP) is 1.57. The lowest BCUT2D eigenvalue weighted by atomic mass is 10.1. The van der Waals surface area contributed by atoms with Crippen molar-refractivity contribution in [1.29, 1.82) is 0 Å². The fraction of sp³-hybridized carbons (Fsp3) is 0.500. The first-order valence-corrected chi connectivity index (χ1v) is 3.82. The Morgan fingerprint density at radius 2 is 2.09 bits per heavy atom. The summed E-state index contributed by atoms with van der Waals surface area (Å²) in [5, 5.41) is 0. The number of hydrogen-bond acceptors (Lipinski definition) is 3. The molecule has 0 aromatic carbocycles. The molecule has 0 spiro atoms. The number of nitrogen functional groups attached to an aromatic ring is 1. The molecule has 1 atom stereocenters. The maximum absolute atomic E-state index is 5.62. The van der Waals surface area contributed by atoms with Gasteiger partial charge in [-0.2, -0.15) is 0 Å². The summed E-state index contributed by atoms with van der Waals surface area (Å²) in [6.07, 6.45) is 4.34. The minimum atomic E-state index is 0.406. The second kappa shape index (κ2) is 3.32. The van der Waals surface area contributed by atoms with Gasteiger partial charge < -0.3 is 5.73 Å². The molecule has 0 saturated carbocycles. The van der Waals surface area contributed by atoms with Gasteiger partial charge in [0.05, 0.1) is 5.69 Å². The van der Waals surface area contributed by atoms with E-state index in [1.54, 1.807) is 12.4 Å². The molecular formula is C8H13N3. The topological polar surface area (TPSA) is 51.8 Å². The van der Waals surface area contributed by atoms with Crippen LogP contribution >= 0.6 is 0 Å². The Labute approximate surface area is 66.7 Å². The first kappa shape index (κ1) is 7.98. The predicted molar refractivity (Wildman–Crippen MR) is 45.2 cm³/mol. The van der Waals surface area contributed by atoms with E-state index in [0.717, 1.165) is 12.1 Å². The average molecular weight is 151 g/mol. The molecule has 0 bridgehead atoms. The molecule has 0 aliphatic carbocycles. The average Bonchev–Trinajstić information content (AvgIpc) is 2.04. The minimum absolute atomic E-state index is 0.406. The van der Waals surface area contributed by atoms with E-state index in [1.165, 1.54) is 0 Å². The van der Waals surface area contributed by atoms with Gasteiger partial charge in [0.2, 0.25) is 0 Å². The number of rotatable bonds is 2. The van der Waals surface area contributed by atoms with Crippen LogP contribution in [0.3, 0.4) is 0 Å². The van der Waals surface area contributed by atoms with Crippen LogP contribution in [0.4, 0.5) is 5.82 Å². The molecule has 0 amide bonds. The summed E-state index contributed by atoms with van der Waals surface area (Å²) in [7, 11) is 0. The third kappa shape index (κ3) is 1.67. The highest BCUT2D eigenvalue weighted by atomic mass is 14.9. The van der Waals surface area contributed by atoms with Gasteiger partial charge in [0, 0.05) is 18.3 Å². The number of nitrogens with zero attached hydrogens (tertiary/aromatic N) is 2. The molecule has 3 nitrogen and oxygen atoms in total. The third-order valence-electron chi connectivity index (χ3n) is 1.84. The van der Waals surface area contributed by atoms with Crippen LogP contribution in [0.15, 0.2) is 12.4 Å². The highest BCUT2D eigenvalue weighted by Crippen LogP contribution is 2.19. The second-order valence-corrected chi connectivity index (χ2v) is 2.64. The first-order chi connectivity index (χ1) is 5.25. The minimum Gasteiger partial charge on any atom is -0.382 e. The Kier molecular flexibility index (Phi) is 2.41. The van der Waals surface area contributed by atoms with Crippen LogP contribution in [0.5, 0.6) is 0 Å². The zero-order chi connectivity index (χ0) is 8.27. The standard InChI is InChI=1S/C8H13N3/c1-3-6(2)7-8(9)11-5-4-10-7/h4-6H,3H2,1-2H3,(H2,9,11). The maximum Gasteiger partial charge on any atom is 0.145 e. The van der Waals surface area contributed by atoms with Gasteiger partial charge in [-0.25, -0.2) is 4.98 Å². The van der Waals surface area contributed by atoms with E-state index in [1.807, 2.05) is 0 Å². The Hall–Kier alpha value is -1.12. The molecule has 1 rings (SSSR count). The first-order valence-electron chi connectivity index (χ1n) is 3.82. The summed E-state index contributed by atoms with van der Waals surface area (Å²) in [5.74, 6) is 0.963. The van der Waals surface area contributed by atoms with E-state index >= 15 is 0 Å². The van der Waals surface area contributed by atoms with Crippen LogP contribution in [0, 0.1) is 0 Å². The molecule has 0 aliphatic rings. The van der Waals surface area contributed by atoms with Gasteiger partial charge in [-0.3, -0.25) is 4.98 Å². The molecule has 1 heterocycles. The van der Waals surface area contributed by atoms with Gasteiger partial charge in [-0.05, 0) is 6.42 Å². The molecular weight excluding hydrogens is 138 g/mol. The quantitative estimate of drug-likeness (QED) is 0.698. The Morgan fingerprint density at radius 1 is 1.45 bits per heavy atom. The Morgan fingerprint density at radius 3 is 2.64 bits per heavy atom. The lowest BCUT2D eigenvalue weighted by molar-refractivity contribution is 0.706. The molecule has 0 fully saturated rings. The highest BCUT2D eigenvalue weighted by molar-refractivity contribution is 5.35. The van der Waals surface area contributed by atoms with Crippen molar-refractivity contribution in [3.8, 4) is 0 Å². The van der Waals surface area contributed by atoms with E-state index in [0.29, 0.717) is 11.7 Å². The Balaban J connectivity index is 2.93. The van der Waals surface area contributed by atoms with Crippen molar-refractivity contribution in [3.63, 3.8) is 0 Å². The van der Waals surface area contributed by atoms with E-state index in [9.17, 15) is 0 Å². The molecule has 3 heteroatoms. The van der Waals surface area contributed by atoms with Gasteiger partial charge in [-0.15, -0.1) is 0 Å². The van der Waals surface area contributed by atoms with Crippen molar-refractivity contribution in [1.82, 2.24) is 9.97 Å². The van der Waals surface area contributed by atoms with Crippen molar-refractivity contribution in [2.75, 3.05) is 5.73 Å². The number of hydrogen-bond donors (Lipinski definition) is 1. The van der Waals surface area contributed by atoms with Crippen LogP contribution < -0.4 is 5.73 Å². The Bertz CT molecular complexity index is 235. The number of aromatic nitrogens is 2. The van der Waals surface area contributed by atoms with Gasteiger partial charge in [0.25, 0.3) is 0 Å². The van der Waals surface area contributed by atoms with E-state index in [2.05, 4.69) is 23.8 Å².